The molecule has 0 spiro atoms. The van der Waals surface area contributed by atoms with Crippen LogP contribution in [0.1, 0.15) is 67.8 Å². The Balaban J connectivity index is 1.49. The molecular formula is C27H31Cl2N3O5S. The normalized spacial score (nSPS) is 17.3. The predicted octanol–water partition coefficient (Wildman–Crippen LogP) is 4.78. The average Bonchev–Trinajstić information content (AvgIpc) is 3.46. The number of halogens is 2. The van der Waals surface area contributed by atoms with Gasteiger partial charge >= 0.3 is 0 Å². The molecule has 0 aromatic heterocycles. The molecule has 0 saturated heterocycles. The summed E-state index contributed by atoms with van der Waals surface area (Å²) in [6.45, 7) is 1.80. The zero-order valence-corrected chi connectivity index (χ0v) is 23.5. The van der Waals surface area contributed by atoms with Gasteiger partial charge in [-0.3, -0.25) is 14.4 Å². The molecule has 1 N–H and O–H groups in total. The van der Waals surface area contributed by atoms with Gasteiger partial charge in [0.1, 0.15) is 10.9 Å². The van der Waals surface area contributed by atoms with Crippen molar-refractivity contribution < 1.29 is 22.8 Å². The van der Waals surface area contributed by atoms with Crippen molar-refractivity contribution in [2.45, 2.75) is 75.4 Å². The highest BCUT2D eigenvalue weighted by Gasteiger charge is 2.40. The van der Waals surface area contributed by atoms with Crippen molar-refractivity contribution in [1.29, 1.82) is 0 Å². The van der Waals surface area contributed by atoms with Crippen molar-refractivity contribution in [2.75, 3.05) is 6.54 Å². The van der Waals surface area contributed by atoms with Gasteiger partial charge in [0.05, 0.1) is 5.56 Å². The Morgan fingerprint density at radius 1 is 1.13 bits per heavy atom. The van der Waals surface area contributed by atoms with Crippen molar-refractivity contribution in [1.82, 2.24) is 14.5 Å². The number of benzene rings is 2. The van der Waals surface area contributed by atoms with Crippen LogP contribution in [0.2, 0.25) is 10.0 Å². The molecule has 2 aromatic carbocycles. The van der Waals surface area contributed by atoms with Gasteiger partial charge in [-0.15, -0.1) is 0 Å². The molecule has 1 unspecified atom stereocenters. The van der Waals surface area contributed by atoms with Crippen LogP contribution in [0, 0.1) is 0 Å². The number of nitrogens with one attached hydrogen (secondary N) is 1. The fourth-order valence-corrected chi connectivity index (χ4v) is 7.17. The third-order valence-corrected chi connectivity index (χ3v) is 9.53. The number of hydrogen-bond acceptors (Lipinski definition) is 5. The van der Waals surface area contributed by atoms with E-state index < -0.39 is 22.0 Å². The second kappa shape index (κ2) is 12.1. The van der Waals surface area contributed by atoms with E-state index >= 15 is 0 Å². The maximum atomic E-state index is 13.5. The van der Waals surface area contributed by atoms with E-state index in [1.165, 1.54) is 17.0 Å². The topological polar surface area (TPSA) is 104 Å². The van der Waals surface area contributed by atoms with E-state index in [1.54, 1.807) is 30.3 Å². The smallest absolute Gasteiger partial charge is 0.269 e. The van der Waals surface area contributed by atoms with Crippen LogP contribution in [0.5, 0.6) is 0 Å². The Bertz CT molecular complexity index is 1330. The number of fused-ring (bicyclic) bond motifs is 1. The van der Waals surface area contributed by atoms with Crippen LogP contribution in [-0.2, 0) is 26.2 Å². The zero-order valence-electron chi connectivity index (χ0n) is 21.2. The van der Waals surface area contributed by atoms with Gasteiger partial charge in [0, 0.05) is 35.6 Å². The van der Waals surface area contributed by atoms with Gasteiger partial charge in [-0.05, 0) is 55.5 Å². The van der Waals surface area contributed by atoms with Crippen molar-refractivity contribution in [3.8, 4) is 0 Å². The minimum absolute atomic E-state index is 0.0232. The van der Waals surface area contributed by atoms with E-state index in [0.29, 0.717) is 22.0 Å². The first-order chi connectivity index (χ1) is 18.1. The molecule has 3 amide bonds. The summed E-state index contributed by atoms with van der Waals surface area (Å²) in [7, 11) is -3.96. The van der Waals surface area contributed by atoms with E-state index in [-0.39, 0.29) is 54.2 Å². The number of carbonyl (C=O) groups is 3. The lowest BCUT2D eigenvalue weighted by Gasteiger charge is -2.32. The Hall–Kier alpha value is -2.62. The minimum atomic E-state index is -3.96. The maximum absolute atomic E-state index is 13.5. The largest absolute Gasteiger partial charge is 0.352 e. The molecule has 4 rings (SSSR count). The molecule has 8 nitrogen and oxygen atoms in total. The van der Waals surface area contributed by atoms with Crippen molar-refractivity contribution in [3.63, 3.8) is 0 Å². The molecule has 38 heavy (non-hydrogen) atoms. The van der Waals surface area contributed by atoms with Gasteiger partial charge in [0.15, 0.2) is 0 Å². The summed E-state index contributed by atoms with van der Waals surface area (Å²) in [5, 5.41) is 3.92. The fraction of sp³-hybridized carbons (Fsp3) is 0.444. The monoisotopic (exact) mass is 579 g/mol. The van der Waals surface area contributed by atoms with Crippen LogP contribution in [0.15, 0.2) is 47.4 Å². The molecule has 1 aliphatic carbocycles. The zero-order chi connectivity index (χ0) is 27.4. The van der Waals surface area contributed by atoms with Gasteiger partial charge in [-0.25, -0.2) is 12.7 Å². The molecule has 11 heteroatoms. The van der Waals surface area contributed by atoms with E-state index in [1.807, 2.05) is 6.92 Å². The summed E-state index contributed by atoms with van der Waals surface area (Å²) in [5.74, 6) is -1.14. The van der Waals surface area contributed by atoms with Gasteiger partial charge in [0.25, 0.3) is 15.9 Å². The van der Waals surface area contributed by atoms with E-state index in [2.05, 4.69) is 5.32 Å². The molecule has 0 bridgehead atoms. The predicted molar refractivity (Wildman–Crippen MR) is 145 cm³/mol. The molecule has 1 heterocycles. The Labute approximate surface area is 233 Å². The first kappa shape index (κ1) is 28.4. The van der Waals surface area contributed by atoms with Crippen molar-refractivity contribution in [2.24, 2.45) is 0 Å². The fourth-order valence-electron chi connectivity index (χ4n) is 5.09. The van der Waals surface area contributed by atoms with Gasteiger partial charge in [0.2, 0.25) is 11.8 Å². The quantitative estimate of drug-likeness (QED) is 0.436. The summed E-state index contributed by atoms with van der Waals surface area (Å²) >= 11 is 12.4. The van der Waals surface area contributed by atoms with Crippen molar-refractivity contribution >= 4 is 50.9 Å². The summed E-state index contributed by atoms with van der Waals surface area (Å²) < 4.78 is 26.5. The molecule has 1 saturated carbocycles. The standard InChI is InChI=1S/C27H31Cl2N3O5S/c1-2-23(26(34)30-20-8-3-4-9-20)31(17-18-13-14-19(28)16-22(18)29)25(33)12-7-15-32-27(35)21-10-5-6-11-24(21)38(32,36)37/h5-6,10-11,13-14,16,20,23H,2-4,7-9,12,15,17H2,1H3,(H,30,34). The number of sulfonamides is 1. The number of nitrogens with zero attached hydrogens (tertiary/aromatic N) is 2. The second-order valence-corrected chi connectivity index (χ2v) is 12.3. The number of amides is 3. The second-order valence-electron chi connectivity index (χ2n) is 9.65. The molecule has 1 fully saturated rings. The van der Waals surface area contributed by atoms with Crippen LogP contribution in [0.3, 0.4) is 0 Å². The van der Waals surface area contributed by atoms with Crippen LogP contribution in [0.25, 0.3) is 0 Å². The van der Waals surface area contributed by atoms with Crippen molar-refractivity contribution in [3.05, 3.63) is 63.6 Å². The molecule has 1 aliphatic heterocycles. The minimum Gasteiger partial charge on any atom is -0.352 e. The highest BCUT2D eigenvalue weighted by Crippen LogP contribution is 2.30. The SMILES string of the molecule is CCC(C(=O)NC1CCCC1)N(Cc1ccc(Cl)cc1Cl)C(=O)CCCN1C(=O)c2ccccc2S1(=O)=O. The molecule has 2 aromatic rings. The van der Waals surface area contributed by atoms with Crippen LogP contribution in [-0.4, -0.2) is 54.0 Å². The molecule has 2 aliphatic rings. The van der Waals surface area contributed by atoms with Gasteiger partial charge in [-0.2, -0.15) is 0 Å². The Morgan fingerprint density at radius 2 is 1.84 bits per heavy atom. The Morgan fingerprint density at radius 3 is 2.50 bits per heavy atom. The lowest BCUT2D eigenvalue weighted by molar-refractivity contribution is -0.141. The maximum Gasteiger partial charge on any atom is 0.269 e. The summed E-state index contributed by atoms with van der Waals surface area (Å²) in [6, 6.07) is 10.4. The summed E-state index contributed by atoms with van der Waals surface area (Å²) in [6.07, 6.45) is 4.42. The molecule has 0 radical (unpaired) electrons. The highest BCUT2D eigenvalue weighted by atomic mass is 35.5. The number of rotatable bonds is 10. The molecule has 1 atom stereocenters. The highest BCUT2D eigenvalue weighted by molar-refractivity contribution is 7.90. The first-order valence-electron chi connectivity index (χ1n) is 12.8. The third kappa shape index (κ3) is 6.00. The van der Waals surface area contributed by atoms with E-state index in [4.69, 9.17) is 23.2 Å². The lowest BCUT2D eigenvalue weighted by Crippen LogP contribution is -2.51. The summed E-state index contributed by atoms with van der Waals surface area (Å²) in [4.78, 5) is 41.0. The molecular weight excluding hydrogens is 549 g/mol. The summed E-state index contributed by atoms with van der Waals surface area (Å²) in [5.41, 5.74) is 0.775. The third-order valence-electron chi connectivity index (χ3n) is 7.11. The average molecular weight is 581 g/mol. The number of hydrogen-bond donors (Lipinski definition) is 1. The van der Waals surface area contributed by atoms with Crippen LogP contribution >= 0.6 is 23.2 Å². The first-order valence-corrected chi connectivity index (χ1v) is 15.0. The van der Waals surface area contributed by atoms with Gasteiger partial charge in [-0.1, -0.05) is 61.2 Å². The van der Waals surface area contributed by atoms with E-state index in [9.17, 15) is 22.8 Å². The van der Waals surface area contributed by atoms with Gasteiger partial charge < -0.3 is 10.2 Å². The Kier molecular flexibility index (Phi) is 9.00. The molecule has 204 valence electrons. The van der Waals surface area contributed by atoms with E-state index in [0.717, 1.165) is 30.0 Å². The van der Waals surface area contributed by atoms with Crippen LogP contribution < -0.4 is 5.32 Å². The lowest BCUT2D eigenvalue weighted by atomic mass is 10.1. The van der Waals surface area contributed by atoms with Crippen LogP contribution in [0.4, 0.5) is 0 Å². The number of carbonyl (C=O) groups excluding carboxylic acids is 3.